The Morgan fingerprint density at radius 1 is 1.19 bits per heavy atom. The van der Waals surface area contributed by atoms with Crippen LogP contribution in [0.3, 0.4) is 0 Å². The molecule has 1 aromatic heterocycles. The Kier molecular flexibility index (Phi) is 3.97. The summed E-state index contributed by atoms with van der Waals surface area (Å²) < 4.78 is 2.06. The van der Waals surface area contributed by atoms with Crippen molar-refractivity contribution in [2.24, 2.45) is 24.8 Å². The molecule has 1 heterocycles. The van der Waals surface area contributed by atoms with Crippen molar-refractivity contribution in [3.8, 4) is 0 Å². The van der Waals surface area contributed by atoms with Crippen LogP contribution in [-0.2, 0) is 7.05 Å². The molecule has 4 fully saturated rings. The number of aliphatic hydroxyl groups is 1. The number of amides is 2. The van der Waals surface area contributed by atoms with Crippen LogP contribution in [-0.4, -0.2) is 27.8 Å². The van der Waals surface area contributed by atoms with E-state index in [1.807, 2.05) is 37.5 Å². The Labute approximate surface area is 160 Å². The van der Waals surface area contributed by atoms with Crippen molar-refractivity contribution >= 4 is 16.9 Å². The van der Waals surface area contributed by atoms with E-state index < -0.39 is 6.10 Å². The van der Waals surface area contributed by atoms with Crippen molar-refractivity contribution in [1.29, 1.82) is 0 Å². The maximum Gasteiger partial charge on any atom is 0.315 e. The van der Waals surface area contributed by atoms with E-state index in [2.05, 4.69) is 15.2 Å². The fourth-order valence-electron chi connectivity index (χ4n) is 6.36. The number of nitrogens with zero attached hydrogens (tertiary/aromatic N) is 1. The lowest BCUT2D eigenvalue weighted by Gasteiger charge is -2.56. The maximum atomic E-state index is 12.5. The number of aromatic nitrogens is 1. The summed E-state index contributed by atoms with van der Waals surface area (Å²) in [6.45, 7) is 0.233. The standard InChI is InChI=1S/C22H29N3O2/c1-25-5-4-17-9-18(2-3-19(17)25)20(26)13-23-21(27)24-22-10-14-6-15(11-22)8-16(7-14)12-22/h2-5,9,14-16,20,26H,6-8,10-13H2,1H3,(H2,23,24,27). The molecule has 2 aromatic rings. The van der Waals surface area contributed by atoms with Gasteiger partial charge in [-0.2, -0.15) is 0 Å². The van der Waals surface area contributed by atoms with Crippen LogP contribution in [0.1, 0.15) is 50.2 Å². The Bertz CT molecular complexity index is 836. The van der Waals surface area contributed by atoms with Gasteiger partial charge in [0, 0.05) is 30.8 Å². The molecule has 1 atom stereocenters. The molecule has 2 amide bonds. The molecule has 5 nitrogen and oxygen atoms in total. The second-order valence-corrected chi connectivity index (χ2v) is 9.29. The summed E-state index contributed by atoms with van der Waals surface area (Å²) >= 11 is 0. The third-order valence-corrected chi connectivity index (χ3v) is 7.17. The average molecular weight is 367 g/mol. The number of rotatable bonds is 4. The van der Waals surface area contributed by atoms with Crippen LogP contribution in [0, 0.1) is 17.8 Å². The zero-order valence-corrected chi connectivity index (χ0v) is 15.9. The van der Waals surface area contributed by atoms with Crippen molar-refractivity contribution < 1.29 is 9.90 Å². The lowest BCUT2D eigenvalue weighted by molar-refractivity contribution is -0.0136. The highest BCUT2D eigenvalue weighted by molar-refractivity contribution is 5.81. The highest BCUT2D eigenvalue weighted by Crippen LogP contribution is 2.55. The summed E-state index contributed by atoms with van der Waals surface area (Å²) in [6.07, 6.45) is 8.82. The zero-order valence-electron chi connectivity index (χ0n) is 15.9. The lowest BCUT2D eigenvalue weighted by Crippen LogP contribution is -2.61. The summed E-state index contributed by atoms with van der Waals surface area (Å²) in [5.74, 6) is 2.42. The molecule has 1 unspecified atom stereocenters. The molecule has 0 spiro atoms. The van der Waals surface area contributed by atoms with E-state index in [1.54, 1.807) is 0 Å². The van der Waals surface area contributed by atoms with Crippen molar-refractivity contribution in [1.82, 2.24) is 15.2 Å². The first-order valence-corrected chi connectivity index (χ1v) is 10.3. The van der Waals surface area contributed by atoms with E-state index in [0.717, 1.165) is 53.5 Å². The molecule has 0 saturated heterocycles. The molecular weight excluding hydrogens is 338 g/mol. The smallest absolute Gasteiger partial charge is 0.315 e. The van der Waals surface area contributed by atoms with E-state index in [9.17, 15) is 9.90 Å². The highest BCUT2D eigenvalue weighted by Gasteiger charge is 2.51. The monoisotopic (exact) mass is 367 g/mol. The van der Waals surface area contributed by atoms with Crippen molar-refractivity contribution in [3.63, 3.8) is 0 Å². The number of benzene rings is 1. The third kappa shape index (κ3) is 3.12. The lowest BCUT2D eigenvalue weighted by atomic mass is 9.53. The number of urea groups is 1. The van der Waals surface area contributed by atoms with E-state index in [4.69, 9.17) is 0 Å². The summed E-state index contributed by atoms with van der Waals surface area (Å²) in [4.78, 5) is 12.5. The fraction of sp³-hybridized carbons (Fsp3) is 0.591. The molecule has 0 radical (unpaired) electrons. The first-order valence-electron chi connectivity index (χ1n) is 10.3. The van der Waals surface area contributed by atoms with Gasteiger partial charge in [-0.05, 0) is 85.4 Å². The van der Waals surface area contributed by atoms with Crippen molar-refractivity contribution in [2.45, 2.75) is 50.2 Å². The van der Waals surface area contributed by atoms with E-state index in [-0.39, 0.29) is 18.1 Å². The number of carbonyl (C=O) groups excluding carboxylic acids is 1. The Morgan fingerprint density at radius 2 is 1.85 bits per heavy atom. The molecule has 4 saturated carbocycles. The second-order valence-electron chi connectivity index (χ2n) is 9.29. The molecule has 3 N–H and O–H groups in total. The van der Waals surface area contributed by atoms with Crippen molar-refractivity contribution in [3.05, 3.63) is 36.0 Å². The summed E-state index contributed by atoms with van der Waals surface area (Å²) in [5, 5.41) is 17.8. The van der Waals surface area contributed by atoms with Gasteiger partial charge in [-0.3, -0.25) is 0 Å². The molecule has 5 heteroatoms. The largest absolute Gasteiger partial charge is 0.387 e. The van der Waals surface area contributed by atoms with Gasteiger partial charge in [0.25, 0.3) is 0 Å². The minimum atomic E-state index is -0.697. The maximum absolute atomic E-state index is 12.5. The first kappa shape index (κ1) is 17.1. The Morgan fingerprint density at radius 3 is 2.52 bits per heavy atom. The minimum absolute atomic E-state index is 0.00668. The zero-order chi connectivity index (χ0) is 18.6. The van der Waals surface area contributed by atoms with Gasteiger partial charge in [0.2, 0.25) is 0 Å². The molecule has 1 aromatic carbocycles. The van der Waals surface area contributed by atoms with Gasteiger partial charge in [0.15, 0.2) is 0 Å². The molecule has 4 aliphatic rings. The second kappa shape index (κ2) is 6.26. The summed E-state index contributed by atoms with van der Waals surface area (Å²) in [7, 11) is 2.01. The third-order valence-electron chi connectivity index (χ3n) is 7.17. The highest BCUT2D eigenvalue weighted by atomic mass is 16.3. The number of hydrogen-bond acceptors (Lipinski definition) is 2. The number of aliphatic hydroxyl groups excluding tert-OH is 1. The van der Waals surface area contributed by atoms with Crippen LogP contribution in [0.2, 0.25) is 0 Å². The average Bonchev–Trinajstić information content (AvgIpc) is 2.98. The number of nitrogens with one attached hydrogen (secondary N) is 2. The van der Waals surface area contributed by atoms with Gasteiger partial charge in [0.1, 0.15) is 0 Å². The minimum Gasteiger partial charge on any atom is -0.387 e. The Balaban J connectivity index is 1.20. The molecule has 6 rings (SSSR count). The summed E-state index contributed by atoms with van der Waals surface area (Å²) in [5.41, 5.74) is 1.98. The van der Waals surface area contributed by atoms with E-state index in [1.165, 1.54) is 19.3 Å². The molecule has 144 valence electrons. The topological polar surface area (TPSA) is 66.3 Å². The fourth-order valence-corrected chi connectivity index (χ4v) is 6.36. The molecule has 4 aliphatic carbocycles. The Hall–Kier alpha value is -2.01. The van der Waals surface area contributed by atoms with Gasteiger partial charge < -0.3 is 20.3 Å². The predicted molar refractivity (Wildman–Crippen MR) is 105 cm³/mol. The summed E-state index contributed by atoms with van der Waals surface area (Å²) in [6, 6.07) is 7.86. The van der Waals surface area contributed by atoms with Gasteiger partial charge >= 0.3 is 6.03 Å². The number of carbonyl (C=O) groups is 1. The van der Waals surface area contributed by atoms with Gasteiger partial charge in [0.05, 0.1) is 6.10 Å². The molecule has 27 heavy (non-hydrogen) atoms. The van der Waals surface area contributed by atoms with Crippen LogP contribution in [0.15, 0.2) is 30.5 Å². The van der Waals surface area contributed by atoms with Crippen LogP contribution in [0.25, 0.3) is 10.9 Å². The number of hydrogen-bond donors (Lipinski definition) is 3. The van der Waals surface area contributed by atoms with Crippen LogP contribution < -0.4 is 10.6 Å². The van der Waals surface area contributed by atoms with Crippen molar-refractivity contribution in [2.75, 3.05) is 6.54 Å². The quantitative estimate of drug-likeness (QED) is 0.774. The molecule has 0 aliphatic heterocycles. The predicted octanol–water partition coefficient (Wildman–Crippen LogP) is 3.48. The SMILES string of the molecule is Cn1ccc2cc(C(O)CNC(=O)NC34CC5CC(CC(C5)C3)C4)ccc21. The molecular formula is C22H29N3O2. The first-order chi connectivity index (χ1) is 13.0. The van der Waals surface area contributed by atoms with Crippen LogP contribution >= 0.6 is 0 Å². The van der Waals surface area contributed by atoms with Crippen LogP contribution in [0.4, 0.5) is 4.79 Å². The van der Waals surface area contributed by atoms with Crippen LogP contribution in [0.5, 0.6) is 0 Å². The number of fused-ring (bicyclic) bond motifs is 1. The van der Waals surface area contributed by atoms with Gasteiger partial charge in [-0.1, -0.05) is 6.07 Å². The normalized spacial score (nSPS) is 32.6. The van der Waals surface area contributed by atoms with E-state index in [0.29, 0.717) is 0 Å². The van der Waals surface area contributed by atoms with Gasteiger partial charge in [-0.15, -0.1) is 0 Å². The molecule has 4 bridgehead atoms. The van der Waals surface area contributed by atoms with Gasteiger partial charge in [-0.25, -0.2) is 4.79 Å². The van der Waals surface area contributed by atoms with E-state index >= 15 is 0 Å². The number of aryl methyl sites for hydroxylation is 1.